The van der Waals surface area contributed by atoms with Gasteiger partial charge in [-0.1, -0.05) is 5.11 Å². The van der Waals surface area contributed by atoms with Crippen molar-refractivity contribution in [2.45, 2.75) is 24.9 Å². The van der Waals surface area contributed by atoms with Gasteiger partial charge in [-0.05, 0) is 25.4 Å². The fourth-order valence-electron chi connectivity index (χ4n) is 1.13. The van der Waals surface area contributed by atoms with Crippen molar-refractivity contribution in [3.8, 4) is 0 Å². The highest BCUT2D eigenvalue weighted by molar-refractivity contribution is 5.74. The van der Waals surface area contributed by atoms with E-state index in [1.54, 1.807) is 7.05 Å². The number of nitrogens with zero attached hydrogens (tertiary/aromatic N) is 3. The molecule has 0 aliphatic heterocycles. The Bertz CT molecular complexity index is 226. The van der Waals surface area contributed by atoms with E-state index in [1.165, 1.54) is 0 Å². The molecule has 0 saturated carbocycles. The first-order valence-corrected chi connectivity index (χ1v) is 4.30. The highest BCUT2D eigenvalue weighted by Gasteiger charge is 2.22. The van der Waals surface area contributed by atoms with Crippen molar-refractivity contribution < 1.29 is 9.90 Å². The summed E-state index contributed by atoms with van der Waals surface area (Å²) in [5.41, 5.74) is 13.6. The molecule has 0 amide bonds. The fourth-order valence-corrected chi connectivity index (χ4v) is 1.13. The number of hydrogen-bond acceptors (Lipinski definition) is 4. The lowest BCUT2D eigenvalue weighted by atomic mass is 10.0. The second-order valence-electron chi connectivity index (χ2n) is 2.87. The van der Waals surface area contributed by atoms with Crippen LogP contribution in [0.25, 0.3) is 10.4 Å². The summed E-state index contributed by atoms with van der Waals surface area (Å²) in [5.74, 6) is -0.969. The number of nitrogens with two attached hydrogens (primary N) is 1. The van der Waals surface area contributed by atoms with Crippen LogP contribution in [-0.4, -0.2) is 36.8 Å². The number of carboxylic acid groups (broad SMARTS) is 1. The Labute approximate surface area is 81.9 Å². The Morgan fingerprint density at radius 1 is 1.79 bits per heavy atom. The lowest BCUT2D eigenvalue weighted by Crippen LogP contribution is -2.48. The van der Waals surface area contributed by atoms with Gasteiger partial charge >= 0.3 is 5.97 Å². The fraction of sp³-hybridized carbons (Fsp3) is 0.857. The maximum Gasteiger partial charge on any atom is 0.322 e. The third-order valence-electron chi connectivity index (χ3n) is 1.86. The molecular formula is C7H15N5O2. The van der Waals surface area contributed by atoms with E-state index in [-0.39, 0.29) is 0 Å². The Morgan fingerprint density at radius 3 is 2.86 bits per heavy atom. The topological polar surface area (TPSA) is 124 Å². The molecule has 0 aliphatic carbocycles. The number of aliphatic carboxylic acids is 1. The van der Waals surface area contributed by atoms with Crippen LogP contribution in [0.2, 0.25) is 0 Å². The molecule has 2 unspecified atom stereocenters. The summed E-state index contributed by atoms with van der Waals surface area (Å²) in [4.78, 5) is 13.2. The molecule has 7 nitrogen and oxygen atoms in total. The van der Waals surface area contributed by atoms with E-state index >= 15 is 0 Å². The normalized spacial score (nSPS) is 14.1. The molecule has 0 fully saturated rings. The molecule has 0 spiro atoms. The minimum absolute atomic E-state index is 0.347. The van der Waals surface area contributed by atoms with E-state index in [2.05, 4.69) is 15.3 Å². The van der Waals surface area contributed by atoms with Crippen LogP contribution in [0.3, 0.4) is 0 Å². The van der Waals surface area contributed by atoms with Crippen LogP contribution < -0.4 is 11.1 Å². The molecule has 2 atom stereocenters. The average Bonchev–Trinajstić information content (AvgIpc) is 2.13. The van der Waals surface area contributed by atoms with Crippen LogP contribution in [0.5, 0.6) is 0 Å². The summed E-state index contributed by atoms with van der Waals surface area (Å²) in [7, 11) is 1.55. The molecule has 0 saturated heterocycles. The zero-order chi connectivity index (χ0) is 11.0. The van der Waals surface area contributed by atoms with E-state index in [4.69, 9.17) is 16.4 Å². The summed E-state index contributed by atoms with van der Waals surface area (Å²) in [6.07, 6.45) is 1.10. The SMILES string of the molecule is CNC(C(=O)O)C(N)CCCN=[N+]=[N-]. The molecule has 0 bridgehead atoms. The smallest absolute Gasteiger partial charge is 0.322 e. The van der Waals surface area contributed by atoms with Crippen LogP contribution in [0.15, 0.2) is 5.11 Å². The number of likely N-dealkylation sites (N-methyl/N-ethyl adjacent to an activating group) is 1. The molecule has 0 rings (SSSR count). The first-order chi connectivity index (χ1) is 6.63. The number of nitrogens with one attached hydrogen (secondary N) is 1. The third kappa shape index (κ3) is 4.66. The van der Waals surface area contributed by atoms with E-state index < -0.39 is 18.1 Å². The van der Waals surface area contributed by atoms with Crippen LogP contribution in [-0.2, 0) is 4.79 Å². The molecule has 0 heterocycles. The number of carboxylic acids is 1. The Balaban J connectivity index is 3.86. The van der Waals surface area contributed by atoms with Gasteiger partial charge in [0.2, 0.25) is 0 Å². The molecule has 0 aromatic heterocycles. The number of carbonyl (C=O) groups is 1. The predicted molar refractivity (Wildman–Crippen MR) is 51.7 cm³/mol. The lowest BCUT2D eigenvalue weighted by molar-refractivity contribution is -0.139. The monoisotopic (exact) mass is 201 g/mol. The second kappa shape index (κ2) is 7.14. The van der Waals surface area contributed by atoms with Crippen molar-refractivity contribution in [2.24, 2.45) is 10.8 Å². The summed E-state index contributed by atoms with van der Waals surface area (Å²) < 4.78 is 0. The molecule has 4 N–H and O–H groups in total. The zero-order valence-corrected chi connectivity index (χ0v) is 8.05. The van der Waals surface area contributed by atoms with Gasteiger partial charge in [-0.15, -0.1) is 0 Å². The molecule has 7 heteroatoms. The minimum atomic E-state index is -0.969. The predicted octanol–water partition coefficient (Wildman–Crippen LogP) is 0.0768. The van der Waals surface area contributed by atoms with E-state index in [9.17, 15) is 4.79 Å². The maximum absolute atomic E-state index is 10.6. The molecule has 0 radical (unpaired) electrons. The molecule has 14 heavy (non-hydrogen) atoms. The van der Waals surface area contributed by atoms with Gasteiger partial charge in [0.05, 0.1) is 0 Å². The summed E-state index contributed by atoms with van der Waals surface area (Å²) in [6.45, 7) is 0.347. The molecule has 0 aromatic rings. The van der Waals surface area contributed by atoms with Crippen molar-refractivity contribution in [3.05, 3.63) is 10.4 Å². The summed E-state index contributed by atoms with van der Waals surface area (Å²) >= 11 is 0. The largest absolute Gasteiger partial charge is 0.480 e. The quantitative estimate of drug-likeness (QED) is 0.233. The standard InChI is InChI=1S/C7H15N5O2/c1-10-6(7(13)14)5(8)3-2-4-11-12-9/h5-6,10H,2-4,8H2,1H3,(H,13,14). The van der Waals surface area contributed by atoms with Gasteiger partial charge in [-0.2, -0.15) is 0 Å². The minimum Gasteiger partial charge on any atom is -0.480 e. The molecule has 0 aromatic carbocycles. The Kier molecular flexibility index (Phi) is 6.47. The average molecular weight is 201 g/mol. The van der Waals surface area contributed by atoms with Gasteiger partial charge in [0, 0.05) is 17.5 Å². The van der Waals surface area contributed by atoms with Crippen LogP contribution >= 0.6 is 0 Å². The molecule has 0 aliphatic rings. The number of hydrogen-bond donors (Lipinski definition) is 3. The summed E-state index contributed by atoms with van der Waals surface area (Å²) in [6, 6.07) is -1.22. The number of rotatable bonds is 7. The van der Waals surface area contributed by atoms with Gasteiger partial charge in [0.15, 0.2) is 0 Å². The van der Waals surface area contributed by atoms with Crippen LogP contribution in [0, 0.1) is 0 Å². The highest BCUT2D eigenvalue weighted by Crippen LogP contribution is 2.00. The van der Waals surface area contributed by atoms with Gasteiger partial charge in [-0.25, -0.2) is 0 Å². The van der Waals surface area contributed by atoms with E-state index in [0.29, 0.717) is 19.4 Å². The molecular weight excluding hydrogens is 186 g/mol. The lowest BCUT2D eigenvalue weighted by Gasteiger charge is -2.18. The van der Waals surface area contributed by atoms with Gasteiger partial charge < -0.3 is 16.2 Å². The van der Waals surface area contributed by atoms with E-state index in [0.717, 1.165) is 0 Å². The first kappa shape index (κ1) is 12.7. The van der Waals surface area contributed by atoms with Crippen molar-refractivity contribution in [2.75, 3.05) is 13.6 Å². The van der Waals surface area contributed by atoms with Crippen molar-refractivity contribution in [1.29, 1.82) is 0 Å². The van der Waals surface area contributed by atoms with Gasteiger partial charge in [0.25, 0.3) is 0 Å². The maximum atomic E-state index is 10.6. The third-order valence-corrected chi connectivity index (χ3v) is 1.86. The first-order valence-electron chi connectivity index (χ1n) is 4.30. The van der Waals surface area contributed by atoms with Crippen LogP contribution in [0.1, 0.15) is 12.8 Å². The van der Waals surface area contributed by atoms with Crippen molar-refractivity contribution >= 4 is 5.97 Å². The van der Waals surface area contributed by atoms with Gasteiger partial charge in [0.1, 0.15) is 6.04 Å². The number of azide groups is 1. The van der Waals surface area contributed by atoms with Gasteiger partial charge in [-0.3, -0.25) is 4.79 Å². The second-order valence-corrected chi connectivity index (χ2v) is 2.87. The van der Waals surface area contributed by atoms with Crippen molar-refractivity contribution in [3.63, 3.8) is 0 Å². The van der Waals surface area contributed by atoms with Crippen molar-refractivity contribution in [1.82, 2.24) is 5.32 Å². The highest BCUT2D eigenvalue weighted by atomic mass is 16.4. The van der Waals surface area contributed by atoms with Crippen LogP contribution in [0.4, 0.5) is 0 Å². The Morgan fingerprint density at radius 2 is 2.43 bits per heavy atom. The molecule has 80 valence electrons. The summed E-state index contributed by atoms with van der Waals surface area (Å²) in [5, 5.41) is 14.7. The Hall–Kier alpha value is -1.30. The van der Waals surface area contributed by atoms with E-state index in [1.807, 2.05) is 0 Å². The zero-order valence-electron chi connectivity index (χ0n) is 8.05.